The van der Waals surface area contributed by atoms with E-state index >= 15 is 0 Å². The SMILES string of the molecule is O=C1CC([S+]([O-])c2cccc(Cl)c2)CCCN1. The van der Waals surface area contributed by atoms with Crippen molar-refractivity contribution in [2.24, 2.45) is 0 Å². The van der Waals surface area contributed by atoms with Crippen LogP contribution in [0.25, 0.3) is 0 Å². The molecule has 92 valence electrons. The fourth-order valence-electron chi connectivity index (χ4n) is 1.91. The van der Waals surface area contributed by atoms with E-state index < -0.39 is 11.2 Å². The summed E-state index contributed by atoms with van der Waals surface area (Å²) in [6.45, 7) is 0.683. The Bertz CT molecular complexity index is 413. The Morgan fingerprint density at radius 3 is 3.06 bits per heavy atom. The first-order valence-electron chi connectivity index (χ1n) is 5.59. The maximum atomic E-state index is 12.3. The second-order valence-electron chi connectivity index (χ2n) is 4.07. The van der Waals surface area contributed by atoms with Crippen LogP contribution in [0.3, 0.4) is 0 Å². The first kappa shape index (κ1) is 12.7. The van der Waals surface area contributed by atoms with Crippen molar-refractivity contribution in [3.8, 4) is 0 Å². The summed E-state index contributed by atoms with van der Waals surface area (Å²) in [5, 5.41) is 3.27. The minimum atomic E-state index is -1.16. The zero-order valence-electron chi connectivity index (χ0n) is 9.32. The highest BCUT2D eigenvalue weighted by molar-refractivity contribution is 7.92. The second-order valence-corrected chi connectivity index (χ2v) is 6.24. The number of hydrogen-bond donors (Lipinski definition) is 1. The van der Waals surface area contributed by atoms with E-state index in [4.69, 9.17) is 11.6 Å². The lowest BCUT2D eigenvalue weighted by molar-refractivity contribution is -0.120. The topological polar surface area (TPSA) is 52.2 Å². The number of nitrogens with one attached hydrogen (secondary N) is 1. The molecule has 0 aliphatic carbocycles. The fourth-order valence-corrected chi connectivity index (χ4v) is 3.69. The summed E-state index contributed by atoms with van der Waals surface area (Å²) in [5.41, 5.74) is 0. The van der Waals surface area contributed by atoms with Crippen LogP contribution in [0.4, 0.5) is 0 Å². The van der Waals surface area contributed by atoms with Crippen molar-refractivity contribution in [3.63, 3.8) is 0 Å². The number of hydrogen-bond acceptors (Lipinski definition) is 2. The quantitative estimate of drug-likeness (QED) is 0.838. The molecule has 2 unspecified atom stereocenters. The largest absolute Gasteiger partial charge is 0.611 e. The highest BCUT2D eigenvalue weighted by Crippen LogP contribution is 2.25. The van der Waals surface area contributed by atoms with Gasteiger partial charge in [0.1, 0.15) is 5.25 Å². The number of carbonyl (C=O) groups is 1. The van der Waals surface area contributed by atoms with Crippen molar-refractivity contribution >= 4 is 28.7 Å². The third kappa shape index (κ3) is 3.37. The molecular formula is C12H14ClNO2S. The van der Waals surface area contributed by atoms with Crippen LogP contribution in [0.5, 0.6) is 0 Å². The zero-order valence-corrected chi connectivity index (χ0v) is 10.9. The average Bonchev–Trinajstić information content (AvgIpc) is 2.53. The summed E-state index contributed by atoms with van der Waals surface area (Å²) < 4.78 is 12.3. The van der Waals surface area contributed by atoms with Gasteiger partial charge in [0.25, 0.3) is 0 Å². The molecule has 2 rings (SSSR count). The van der Waals surface area contributed by atoms with E-state index in [1.165, 1.54) is 0 Å². The van der Waals surface area contributed by atoms with Crippen molar-refractivity contribution in [1.29, 1.82) is 0 Å². The Hall–Kier alpha value is -0.710. The normalized spacial score (nSPS) is 22.7. The molecule has 1 N–H and O–H groups in total. The van der Waals surface area contributed by atoms with E-state index in [0.717, 1.165) is 12.8 Å². The molecule has 1 amide bonds. The molecule has 0 aromatic heterocycles. The van der Waals surface area contributed by atoms with Gasteiger partial charge in [-0.2, -0.15) is 0 Å². The van der Waals surface area contributed by atoms with Crippen molar-refractivity contribution in [3.05, 3.63) is 29.3 Å². The van der Waals surface area contributed by atoms with Gasteiger partial charge in [0.15, 0.2) is 4.90 Å². The van der Waals surface area contributed by atoms with Crippen molar-refractivity contribution < 1.29 is 9.35 Å². The Morgan fingerprint density at radius 1 is 1.47 bits per heavy atom. The van der Waals surface area contributed by atoms with Crippen molar-refractivity contribution in [1.82, 2.24) is 5.32 Å². The van der Waals surface area contributed by atoms with Crippen LogP contribution in [0, 0.1) is 0 Å². The van der Waals surface area contributed by atoms with Crippen LogP contribution in [0.15, 0.2) is 29.2 Å². The minimum absolute atomic E-state index is 0.0112. The molecule has 3 nitrogen and oxygen atoms in total. The molecule has 0 radical (unpaired) electrons. The average molecular weight is 272 g/mol. The Morgan fingerprint density at radius 2 is 2.29 bits per heavy atom. The van der Waals surface area contributed by atoms with E-state index in [0.29, 0.717) is 22.9 Å². The molecule has 1 heterocycles. The predicted octanol–water partition coefficient (Wildman–Crippen LogP) is 2.12. The first-order valence-corrected chi connectivity index (χ1v) is 7.19. The molecule has 17 heavy (non-hydrogen) atoms. The van der Waals surface area contributed by atoms with Gasteiger partial charge in [-0.3, -0.25) is 4.79 Å². The highest BCUT2D eigenvalue weighted by atomic mass is 35.5. The monoisotopic (exact) mass is 271 g/mol. The molecule has 1 aliphatic rings. The van der Waals surface area contributed by atoms with Crippen LogP contribution >= 0.6 is 11.6 Å². The zero-order chi connectivity index (χ0) is 12.3. The van der Waals surface area contributed by atoms with E-state index in [1.54, 1.807) is 24.3 Å². The molecular weight excluding hydrogens is 258 g/mol. The summed E-state index contributed by atoms with van der Waals surface area (Å²) in [6, 6.07) is 7.04. The molecule has 5 heteroatoms. The molecule has 1 aliphatic heterocycles. The Kier molecular flexibility index (Phi) is 4.31. The van der Waals surface area contributed by atoms with Gasteiger partial charge < -0.3 is 9.87 Å². The van der Waals surface area contributed by atoms with Gasteiger partial charge in [-0.05, 0) is 36.2 Å². The number of halogens is 1. The van der Waals surface area contributed by atoms with Gasteiger partial charge in [-0.25, -0.2) is 0 Å². The number of amides is 1. The van der Waals surface area contributed by atoms with Gasteiger partial charge in [-0.1, -0.05) is 17.7 Å². The van der Waals surface area contributed by atoms with E-state index in [9.17, 15) is 9.35 Å². The van der Waals surface area contributed by atoms with Crippen LogP contribution in [0.2, 0.25) is 5.02 Å². The molecule has 0 saturated carbocycles. The lowest BCUT2D eigenvalue weighted by Gasteiger charge is -2.19. The van der Waals surface area contributed by atoms with E-state index in [2.05, 4.69) is 5.32 Å². The molecule has 1 saturated heterocycles. The number of carbonyl (C=O) groups excluding carboxylic acids is 1. The smallest absolute Gasteiger partial charge is 0.225 e. The standard InChI is InChI=1S/C12H14ClNO2S/c13-9-3-1-4-10(7-9)17(16)11-5-2-6-14-12(15)8-11/h1,3-4,7,11H,2,5-6,8H2,(H,14,15). The van der Waals surface area contributed by atoms with E-state index in [-0.39, 0.29) is 11.2 Å². The van der Waals surface area contributed by atoms with Gasteiger partial charge in [0, 0.05) is 17.6 Å². The molecule has 2 atom stereocenters. The summed E-state index contributed by atoms with van der Waals surface area (Å²) >= 11 is 4.72. The Labute approximate surface area is 109 Å². The van der Waals surface area contributed by atoms with Crippen LogP contribution in [0.1, 0.15) is 19.3 Å². The van der Waals surface area contributed by atoms with Crippen LogP contribution < -0.4 is 5.32 Å². The van der Waals surface area contributed by atoms with Crippen LogP contribution in [-0.2, 0) is 16.0 Å². The molecule has 0 spiro atoms. The lowest BCUT2D eigenvalue weighted by Crippen LogP contribution is -2.27. The first-order chi connectivity index (χ1) is 8.16. The Balaban J connectivity index is 2.12. The predicted molar refractivity (Wildman–Crippen MR) is 68.5 cm³/mol. The van der Waals surface area contributed by atoms with Gasteiger partial charge in [0.2, 0.25) is 5.91 Å². The summed E-state index contributed by atoms with van der Waals surface area (Å²) in [7, 11) is 0. The third-order valence-corrected chi connectivity index (χ3v) is 4.73. The molecule has 1 aromatic rings. The number of rotatable bonds is 2. The van der Waals surface area contributed by atoms with Crippen LogP contribution in [-0.4, -0.2) is 22.3 Å². The maximum Gasteiger partial charge on any atom is 0.225 e. The number of benzene rings is 1. The van der Waals surface area contributed by atoms with E-state index in [1.807, 2.05) is 0 Å². The lowest BCUT2D eigenvalue weighted by atomic mass is 10.2. The summed E-state index contributed by atoms with van der Waals surface area (Å²) in [5.74, 6) is -0.0112. The molecule has 1 fully saturated rings. The molecule has 0 bridgehead atoms. The summed E-state index contributed by atoms with van der Waals surface area (Å²) in [4.78, 5) is 12.1. The van der Waals surface area contributed by atoms with Gasteiger partial charge >= 0.3 is 0 Å². The van der Waals surface area contributed by atoms with Gasteiger partial charge in [0.05, 0.1) is 6.42 Å². The molecule has 1 aromatic carbocycles. The van der Waals surface area contributed by atoms with Crippen molar-refractivity contribution in [2.75, 3.05) is 6.54 Å². The third-order valence-electron chi connectivity index (χ3n) is 2.77. The van der Waals surface area contributed by atoms with Gasteiger partial charge in [-0.15, -0.1) is 0 Å². The second kappa shape index (κ2) is 5.76. The minimum Gasteiger partial charge on any atom is -0.611 e. The summed E-state index contributed by atoms with van der Waals surface area (Å²) in [6.07, 6.45) is 2.01. The van der Waals surface area contributed by atoms with Crippen molar-refractivity contribution in [2.45, 2.75) is 29.4 Å². The highest BCUT2D eigenvalue weighted by Gasteiger charge is 2.29. The fraction of sp³-hybridized carbons (Fsp3) is 0.417. The maximum absolute atomic E-state index is 12.3.